The fourth-order valence-corrected chi connectivity index (χ4v) is 2.58. The van der Waals surface area contributed by atoms with Gasteiger partial charge < -0.3 is 14.7 Å². The smallest absolute Gasteiger partial charge is 0.308 e. The van der Waals surface area contributed by atoms with Crippen molar-refractivity contribution in [1.29, 1.82) is 0 Å². The van der Waals surface area contributed by atoms with Crippen molar-refractivity contribution in [3.8, 4) is 5.75 Å². The van der Waals surface area contributed by atoms with E-state index >= 15 is 0 Å². The number of carbonyl (C=O) groups excluding carboxylic acids is 1. The summed E-state index contributed by atoms with van der Waals surface area (Å²) < 4.78 is 5.54. The molecule has 0 saturated carbocycles. The van der Waals surface area contributed by atoms with Gasteiger partial charge in [-0.1, -0.05) is 6.92 Å². The normalized spacial score (nSPS) is 21.6. The van der Waals surface area contributed by atoms with Gasteiger partial charge in [0.1, 0.15) is 5.75 Å². The summed E-state index contributed by atoms with van der Waals surface area (Å²) in [6.07, 6.45) is 0.0855. The highest BCUT2D eigenvalue weighted by Gasteiger charge is 2.37. The first kappa shape index (κ1) is 15.4. The average Bonchev–Trinajstić information content (AvgIpc) is 2.80. The van der Waals surface area contributed by atoms with Crippen LogP contribution in [0.3, 0.4) is 0 Å². The van der Waals surface area contributed by atoms with E-state index in [1.54, 1.807) is 29.2 Å². The lowest BCUT2D eigenvalue weighted by atomic mass is 9.99. The van der Waals surface area contributed by atoms with E-state index < -0.39 is 11.9 Å². The monoisotopic (exact) mass is 291 g/mol. The molecule has 21 heavy (non-hydrogen) atoms. The Balaban J connectivity index is 2.05. The minimum atomic E-state index is -0.835. The largest absolute Gasteiger partial charge is 0.491 e. The lowest BCUT2D eigenvalue weighted by molar-refractivity contribution is -0.142. The number of hydrogen-bond donors (Lipinski definition) is 1. The molecule has 1 N–H and O–H groups in total. The Morgan fingerprint density at radius 1 is 1.24 bits per heavy atom. The van der Waals surface area contributed by atoms with Crippen LogP contribution in [-0.2, 0) is 4.79 Å². The molecule has 0 bridgehead atoms. The molecule has 0 aliphatic carbocycles. The van der Waals surface area contributed by atoms with E-state index in [-0.39, 0.29) is 24.5 Å². The standard InChI is InChI=1S/C16H21NO4/c1-10(2)21-13-6-4-12(5-7-13)15(18)17-8-11(3)14(9-17)16(19)20/h4-7,10-11,14H,8-9H2,1-3H3,(H,19,20). The molecule has 1 amide bonds. The number of aliphatic carboxylic acids is 1. The highest BCUT2D eigenvalue weighted by Crippen LogP contribution is 2.25. The van der Waals surface area contributed by atoms with Crippen molar-refractivity contribution in [3.63, 3.8) is 0 Å². The van der Waals surface area contributed by atoms with Crippen LogP contribution in [0.2, 0.25) is 0 Å². The summed E-state index contributed by atoms with van der Waals surface area (Å²) in [5.74, 6) is -0.729. The molecular weight excluding hydrogens is 270 g/mol. The summed E-state index contributed by atoms with van der Waals surface area (Å²) in [6.45, 7) is 6.51. The van der Waals surface area contributed by atoms with Crippen molar-refractivity contribution in [2.45, 2.75) is 26.9 Å². The van der Waals surface area contributed by atoms with Gasteiger partial charge in [0.2, 0.25) is 0 Å². The van der Waals surface area contributed by atoms with E-state index in [1.165, 1.54) is 0 Å². The third-order valence-electron chi connectivity index (χ3n) is 3.69. The first-order valence-electron chi connectivity index (χ1n) is 7.17. The van der Waals surface area contributed by atoms with Crippen LogP contribution in [0.5, 0.6) is 5.75 Å². The summed E-state index contributed by atoms with van der Waals surface area (Å²) in [4.78, 5) is 25.1. The predicted molar refractivity (Wildman–Crippen MR) is 78.4 cm³/mol. The topological polar surface area (TPSA) is 66.8 Å². The fourth-order valence-electron chi connectivity index (χ4n) is 2.58. The van der Waals surface area contributed by atoms with Crippen LogP contribution < -0.4 is 4.74 Å². The Morgan fingerprint density at radius 3 is 2.33 bits per heavy atom. The number of carboxylic acid groups (broad SMARTS) is 1. The number of nitrogens with zero attached hydrogens (tertiary/aromatic N) is 1. The highest BCUT2D eigenvalue weighted by atomic mass is 16.5. The quantitative estimate of drug-likeness (QED) is 0.924. The zero-order valence-corrected chi connectivity index (χ0v) is 12.6. The van der Waals surface area contributed by atoms with Crippen LogP contribution >= 0.6 is 0 Å². The maximum atomic E-state index is 12.4. The molecule has 114 valence electrons. The minimum Gasteiger partial charge on any atom is -0.491 e. The number of benzene rings is 1. The van der Waals surface area contributed by atoms with Crippen molar-refractivity contribution < 1.29 is 19.4 Å². The van der Waals surface area contributed by atoms with Crippen LogP contribution in [0, 0.1) is 11.8 Å². The van der Waals surface area contributed by atoms with Gasteiger partial charge in [0.05, 0.1) is 12.0 Å². The summed E-state index contributed by atoms with van der Waals surface area (Å²) in [7, 11) is 0. The Bertz CT molecular complexity index is 524. The molecule has 1 fully saturated rings. The number of amides is 1. The summed E-state index contributed by atoms with van der Waals surface area (Å²) >= 11 is 0. The van der Waals surface area contributed by atoms with Crippen molar-refractivity contribution in [2.75, 3.05) is 13.1 Å². The third kappa shape index (κ3) is 3.54. The molecular formula is C16H21NO4. The zero-order valence-electron chi connectivity index (χ0n) is 12.6. The highest BCUT2D eigenvalue weighted by molar-refractivity contribution is 5.95. The van der Waals surface area contributed by atoms with Crippen molar-refractivity contribution in [3.05, 3.63) is 29.8 Å². The van der Waals surface area contributed by atoms with E-state index in [2.05, 4.69) is 0 Å². The van der Waals surface area contributed by atoms with Gasteiger partial charge in [-0.25, -0.2) is 0 Å². The lowest BCUT2D eigenvalue weighted by Gasteiger charge is -2.16. The molecule has 1 aliphatic rings. The number of likely N-dealkylation sites (tertiary alicyclic amines) is 1. The van der Waals surface area contributed by atoms with Crippen molar-refractivity contribution >= 4 is 11.9 Å². The minimum absolute atomic E-state index is 0.0185. The van der Waals surface area contributed by atoms with Crippen molar-refractivity contribution in [1.82, 2.24) is 4.90 Å². The summed E-state index contributed by atoms with van der Waals surface area (Å²) in [5, 5.41) is 9.12. The fraction of sp³-hybridized carbons (Fsp3) is 0.500. The first-order chi connectivity index (χ1) is 9.88. The number of rotatable bonds is 4. The van der Waals surface area contributed by atoms with Gasteiger partial charge >= 0.3 is 5.97 Å². The molecule has 1 aliphatic heterocycles. The van der Waals surface area contributed by atoms with Gasteiger partial charge in [0, 0.05) is 18.7 Å². The molecule has 0 radical (unpaired) electrons. The van der Waals surface area contributed by atoms with E-state index in [4.69, 9.17) is 9.84 Å². The second kappa shape index (κ2) is 6.16. The molecule has 2 atom stereocenters. The molecule has 1 aromatic rings. The number of carbonyl (C=O) groups is 2. The van der Waals surface area contributed by atoms with E-state index in [9.17, 15) is 9.59 Å². The predicted octanol–water partition coefficient (Wildman–Crippen LogP) is 2.27. The molecule has 2 unspecified atom stereocenters. The maximum Gasteiger partial charge on any atom is 0.308 e. The second-order valence-electron chi connectivity index (χ2n) is 5.82. The molecule has 0 spiro atoms. The lowest BCUT2D eigenvalue weighted by Crippen LogP contribution is -2.29. The van der Waals surface area contributed by atoms with Gasteiger partial charge in [-0.2, -0.15) is 0 Å². The Labute approximate surface area is 124 Å². The van der Waals surface area contributed by atoms with Crippen LogP contribution in [-0.4, -0.2) is 41.1 Å². The third-order valence-corrected chi connectivity index (χ3v) is 3.69. The summed E-state index contributed by atoms with van der Waals surface area (Å²) in [6, 6.07) is 6.97. The van der Waals surface area contributed by atoms with Crippen LogP contribution in [0.1, 0.15) is 31.1 Å². The van der Waals surface area contributed by atoms with Gasteiger partial charge in [-0.05, 0) is 44.0 Å². The van der Waals surface area contributed by atoms with Gasteiger partial charge in [0.25, 0.3) is 5.91 Å². The molecule has 1 heterocycles. The number of carboxylic acids is 1. The van der Waals surface area contributed by atoms with E-state index in [0.717, 1.165) is 5.75 Å². The molecule has 1 aromatic carbocycles. The SMILES string of the molecule is CC(C)Oc1ccc(C(=O)N2CC(C)C(C(=O)O)C2)cc1. The number of hydrogen-bond acceptors (Lipinski definition) is 3. The van der Waals surface area contributed by atoms with Crippen LogP contribution in [0.25, 0.3) is 0 Å². The Morgan fingerprint density at radius 2 is 1.86 bits per heavy atom. The second-order valence-corrected chi connectivity index (χ2v) is 5.82. The number of ether oxygens (including phenoxy) is 1. The van der Waals surface area contributed by atoms with Crippen LogP contribution in [0.4, 0.5) is 0 Å². The van der Waals surface area contributed by atoms with Crippen molar-refractivity contribution in [2.24, 2.45) is 11.8 Å². The van der Waals surface area contributed by atoms with Gasteiger partial charge in [-0.3, -0.25) is 9.59 Å². The van der Waals surface area contributed by atoms with Gasteiger partial charge in [-0.15, -0.1) is 0 Å². The molecule has 5 heteroatoms. The van der Waals surface area contributed by atoms with E-state index in [1.807, 2.05) is 20.8 Å². The zero-order chi connectivity index (χ0) is 15.6. The average molecular weight is 291 g/mol. The maximum absolute atomic E-state index is 12.4. The Kier molecular flexibility index (Phi) is 4.50. The van der Waals surface area contributed by atoms with Crippen LogP contribution in [0.15, 0.2) is 24.3 Å². The molecule has 1 saturated heterocycles. The first-order valence-corrected chi connectivity index (χ1v) is 7.17. The molecule has 5 nitrogen and oxygen atoms in total. The Hall–Kier alpha value is -2.04. The van der Waals surface area contributed by atoms with Gasteiger partial charge in [0.15, 0.2) is 0 Å². The molecule has 0 aromatic heterocycles. The summed E-state index contributed by atoms with van der Waals surface area (Å²) in [5.41, 5.74) is 0.560. The van der Waals surface area contributed by atoms with E-state index in [0.29, 0.717) is 12.1 Å². The molecule has 2 rings (SSSR count).